The highest BCUT2D eigenvalue weighted by Gasteiger charge is 2.43. The van der Waals surface area contributed by atoms with E-state index in [2.05, 4.69) is 28.2 Å². The molecule has 1 N–H and O–H groups in total. The van der Waals surface area contributed by atoms with Crippen LogP contribution in [0.4, 0.5) is 0 Å². The number of piperazine rings is 1. The monoisotopic (exact) mass is 293 g/mol. The summed E-state index contributed by atoms with van der Waals surface area (Å²) in [6.07, 6.45) is 10.2. The van der Waals surface area contributed by atoms with Crippen LogP contribution in [0.2, 0.25) is 5.02 Å². The molecule has 1 atom stereocenters. The van der Waals surface area contributed by atoms with Crippen LogP contribution in [-0.2, 0) is 6.54 Å². The van der Waals surface area contributed by atoms with Crippen molar-refractivity contribution in [1.29, 1.82) is 0 Å². The minimum absolute atomic E-state index is 0.359. The molecule has 0 bridgehead atoms. The Balaban J connectivity index is 1.81. The smallest absolute Gasteiger partial charge is 0.0634 e. The minimum Gasteiger partial charge on any atom is -0.311 e. The molecule has 1 aliphatic carbocycles. The highest BCUT2D eigenvalue weighted by Crippen LogP contribution is 2.38. The summed E-state index contributed by atoms with van der Waals surface area (Å²) in [5, 5.41) is 4.54. The number of hydrogen-bond donors (Lipinski definition) is 1. The van der Waals surface area contributed by atoms with Crippen LogP contribution in [0.25, 0.3) is 0 Å². The normalized spacial score (nSPS) is 26.2. The first-order valence-corrected chi connectivity index (χ1v) is 8.18. The predicted molar refractivity (Wildman–Crippen MR) is 82.9 cm³/mol. The molecule has 2 aliphatic rings. The molecular weight excluding hydrogens is 270 g/mol. The van der Waals surface area contributed by atoms with Crippen molar-refractivity contribution in [3.05, 3.63) is 29.0 Å². The van der Waals surface area contributed by atoms with Crippen LogP contribution in [0.5, 0.6) is 0 Å². The van der Waals surface area contributed by atoms with E-state index in [1.807, 2.05) is 6.20 Å². The Kier molecular flexibility index (Phi) is 4.29. The lowest BCUT2D eigenvalue weighted by atomic mass is 9.90. The van der Waals surface area contributed by atoms with Gasteiger partial charge < -0.3 is 5.32 Å². The summed E-state index contributed by atoms with van der Waals surface area (Å²) in [5.41, 5.74) is 1.57. The van der Waals surface area contributed by atoms with Gasteiger partial charge in [0.1, 0.15) is 0 Å². The molecule has 20 heavy (non-hydrogen) atoms. The van der Waals surface area contributed by atoms with E-state index in [1.54, 1.807) is 6.20 Å². The molecule has 4 heteroatoms. The van der Waals surface area contributed by atoms with Gasteiger partial charge in [0.25, 0.3) is 0 Å². The quantitative estimate of drug-likeness (QED) is 0.927. The van der Waals surface area contributed by atoms with Gasteiger partial charge in [-0.25, -0.2) is 0 Å². The molecule has 1 unspecified atom stereocenters. The first-order valence-electron chi connectivity index (χ1n) is 7.80. The molecule has 1 aromatic heterocycles. The number of hydrogen-bond acceptors (Lipinski definition) is 3. The maximum atomic E-state index is 6.30. The standard InChI is InChI=1S/C16H24ClN3/c1-2-14-11-20(10-13-5-8-18-9-15(13)17)16(12-19-14)6-3-4-7-16/h5,8-9,14,19H,2-4,6-7,10-12H2,1H3. The van der Waals surface area contributed by atoms with Crippen molar-refractivity contribution in [2.45, 2.75) is 57.2 Å². The molecule has 0 amide bonds. The first-order chi connectivity index (χ1) is 9.73. The van der Waals surface area contributed by atoms with E-state index >= 15 is 0 Å². The molecule has 3 nitrogen and oxygen atoms in total. The highest BCUT2D eigenvalue weighted by molar-refractivity contribution is 6.31. The maximum absolute atomic E-state index is 6.30. The van der Waals surface area contributed by atoms with Crippen LogP contribution in [0, 0.1) is 0 Å². The van der Waals surface area contributed by atoms with Gasteiger partial charge in [-0.1, -0.05) is 31.4 Å². The molecular formula is C16H24ClN3. The van der Waals surface area contributed by atoms with Crippen molar-refractivity contribution < 1.29 is 0 Å². The molecule has 1 spiro atoms. The number of nitrogens with zero attached hydrogens (tertiary/aromatic N) is 2. The Bertz CT molecular complexity index is 457. The number of halogens is 1. The Hall–Kier alpha value is -0.640. The number of rotatable bonds is 3. The predicted octanol–water partition coefficient (Wildman–Crippen LogP) is 3.23. The summed E-state index contributed by atoms with van der Waals surface area (Å²) in [6, 6.07) is 2.68. The van der Waals surface area contributed by atoms with Crippen LogP contribution < -0.4 is 5.32 Å². The van der Waals surface area contributed by atoms with Crippen LogP contribution in [0.15, 0.2) is 18.5 Å². The van der Waals surface area contributed by atoms with Crippen LogP contribution >= 0.6 is 11.6 Å². The number of aromatic nitrogens is 1. The molecule has 0 aromatic carbocycles. The Morgan fingerprint density at radius 3 is 2.95 bits per heavy atom. The van der Waals surface area contributed by atoms with Crippen molar-refractivity contribution in [2.75, 3.05) is 13.1 Å². The zero-order chi connectivity index (χ0) is 14.0. The van der Waals surface area contributed by atoms with Gasteiger partial charge >= 0.3 is 0 Å². The molecule has 0 radical (unpaired) electrons. The van der Waals surface area contributed by atoms with Crippen LogP contribution in [0.1, 0.15) is 44.6 Å². The summed E-state index contributed by atoms with van der Waals surface area (Å²) in [4.78, 5) is 6.78. The summed E-state index contributed by atoms with van der Waals surface area (Å²) < 4.78 is 0. The second-order valence-corrected chi connectivity index (χ2v) is 6.67. The van der Waals surface area contributed by atoms with Crippen LogP contribution in [0.3, 0.4) is 0 Å². The van der Waals surface area contributed by atoms with E-state index in [1.165, 1.54) is 37.7 Å². The first kappa shape index (κ1) is 14.3. The van der Waals surface area contributed by atoms with E-state index in [0.717, 1.165) is 24.7 Å². The second kappa shape index (κ2) is 6.00. The molecule has 1 aliphatic heterocycles. The Morgan fingerprint density at radius 2 is 2.25 bits per heavy atom. The Labute approximate surface area is 126 Å². The van der Waals surface area contributed by atoms with Crippen LogP contribution in [-0.4, -0.2) is 34.6 Å². The van der Waals surface area contributed by atoms with Crippen molar-refractivity contribution >= 4 is 11.6 Å². The molecule has 2 heterocycles. The zero-order valence-electron chi connectivity index (χ0n) is 12.2. The van der Waals surface area contributed by atoms with E-state index < -0.39 is 0 Å². The fourth-order valence-electron chi connectivity index (χ4n) is 3.74. The third-order valence-corrected chi connectivity index (χ3v) is 5.42. The molecule has 1 saturated heterocycles. The fourth-order valence-corrected chi connectivity index (χ4v) is 3.92. The minimum atomic E-state index is 0.359. The van der Waals surface area contributed by atoms with Gasteiger partial charge in [0, 0.05) is 43.6 Å². The third-order valence-electron chi connectivity index (χ3n) is 5.08. The summed E-state index contributed by atoms with van der Waals surface area (Å²) in [7, 11) is 0. The lowest BCUT2D eigenvalue weighted by molar-refractivity contribution is 0.0349. The third kappa shape index (κ3) is 2.72. The number of nitrogens with one attached hydrogen (secondary N) is 1. The van der Waals surface area contributed by atoms with Gasteiger partial charge in [-0.15, -0.1) is 0 Å². The largest absolute Gasteiger partial charge is 0.311 e. The average molecular weight is 294 g/mol. The van der Waals surface area contributed by atoms with Crippen molar-refractivity contribution in [3.8, 4) is 0 Å². The topological polar surface area (TPSA) is 28.2 Å². The second-order valence-electron chi connectivity index (χ2n) is 6.27. The van der Waals surface area contributed by atoms with Crippen molar-refractivity contribution in [2.24, 2.45) is 0 Å². The molecule has 3 rings (SSSR count). The van der Waals surface area contributed by atoms with Crippen molar-refractivity contribution in [1.82, 2.24) is 15.2 Å². The van der Waals surface area contributed by atoms with Gasteiger partial charge in [0.05, 0.1) is 5.02 Å². The van der Waals surface area contributed by atoms with E-state index in [-0.39, 0.29) is 0 Å². The van der Waals surface area contributed by atoms with Gasteiger partial charge in [0.2, 0.25) is 0 Å². The number of pyridine rings is 1. The zero-order valence-corrected chi connectivity index (χ0v) is 13.0. The molecule has 1 aromatic rings. The molecule has 2 fully saturated rings. The lowest BCUT2D eigenvalue weighted by Crippen LogP contribution is -2.62. The fraction of sp³-hybridized carbons (Fsp3) is 0.688. The summed E-state index contributed by atoms with van der Waals surface area (Å²) >= 11 is 6.30. The van der Waals surface area contributed by atoms with E-state index in [9.17, 15) is 0 Å². The van der Waals surface area contributed by atoms with E-state index in [0.29, 0.717) is 11.6 Å². The highest BCUT2D eigenvalue weighted by atomic mass is 35.5. The summed E-state index contributed by atoms with van der Waals surface area (Å²) in [5.74, 6) is 0. The van der Waals surface area contributed by atoms with Gasteiger partial charge in [-0.2, -0.15) is 0 Å². The molecule has 1 saturated carbocycles. The molecule has 110 valence electrons. The SMILES string of the molecule is CCC1CN(Cc2ccncc2Cl)C2(CCCC2)CN1. The van der Waals surface area contributed by atoms with Gasteiger partial charge in [-0.3, -0.25) is 9.88 Å². The van der Waals surface area contributed by atoms with Crippen molar-refractivity contribution in [3.63, 3.8) is 0 Å². The maximum Gasteiger partial charge on any atom is 0.0634 e. The lowest BCUT2D eigenvalue weighted by Gasteiger charge is -2.48. The average Bonchev–Trinajstić information content (AvgIpc) is 2.93. The summed E-state index contributed by atoms with van der Waals surface area (Å²) in [6.45, 7) is 5.49. The van der Waals surface area contributed by atoms with Gasteiger partial charge in [0.15, 0.2) is 0 Å². The van der Waals surface area contributed by atoms with Gasteiger partial charge in [-0.05, 0) is 30.9 Å². The van der Waals surface area contributed by atoms with E-state index in [4.69, 9.17) is 11.6 Å². The Morgan fingerprint density at radius 1 is 1.45 bits per heavy atom.